The van der Waals surface area contributed by atoms with Crippen molar-refractivity contribution in [3.63, 3.8) is 0 Å². The van der Waals surface area contributed by atoms with Gasteiger partial charge >= 0.3 is 0 Å². The predicted octanol–water partition coefficient (Wildman–Crippen LogP) is 4.11. The number of carbonyl (C=O) groups is 1. The van der Waals surface area contributed by atoms with Gasteiger partial charge < -0.3 is 15.0 Å². The number of rotatable bonds is 9. The van der Waals surface area contributed by atoms with Crippen LogP contribution in [0.1, 0.15) is 21.9 Å². The number of carbonyl (C=O) groups excluding carboxylic acids is 1. The fraction of sp³-hybridized carbons (Fsp3) is 0.160. The second-order valence-electron chi connectivity index (χ2n) is 7.55. The van der Waals surface area contributed by atoms with E-state index in [1.54, 1.807) is 29.5 Å². The summed E-state index contributed by atoms with van der Waals surface area (Å²) in [6, 6.07) is 16.9. The Hall–Kier alpha value is -3.40. The van der Waals surface area contributed by atoms with E-state index < -0.39 is 10.0 Å². The van der Waals surface area contributed by atoms with Gasteiger partial charge in [-0.1, -0.05) is 30.3 Å². The lowest BCUT2D eigenvalue weighted by molar-refractivity contribution is -0.116. The standard InChI is InChI=1S/C25H25N3O4S2/c1-26-34(30,31)24-14-17(9-11-22(24)32-2)10-12-25(29)28-16-20(23-8-5-13-33-23)19-15-27-21-7-4-3-6-18(19)21/h3-15,20,26-27H,16H2,1-2H3,(H,28,29)/b12-10+. The van der Waals surface area contributed by atoms with Gasteiger partial charge in [0.25, 0.3) is 0 Å². The van der Waals surface area contributed by atoms with Crippen LogP contribution in [0.3, 0.4) is 0 Å². The third kappa shape index (κ3) is 5.06. The monoisotopic (exact) mass is 495 g/mol. The molecule has 4 rings (SSSR count). The Morgan fingerprint density at radius 1 is 1.18 bits per heavy atom. The summed E-state index contributed by atoms with van der Waals surface area (Å²) in [5.74, 6) is -0.0365. The minimum atomic E-state index is -3.70. The Bertz CT molecular complexity index is 1420. The summed E-state index contributed by atoms with van der Waals surface area (Å²) in [6.45, 7) is 0.424. The Morgan fingerprint density at radius 2 is 2.00 bits per heavy atom. The fourth-order valence-corrected chi connectivity index (χ4v) is 5.56. The number of nitrogens with one attached hydrogen (secondary N) is 3. The zero-order valence-corrected chi connectivity index (χ0v) is 20.4. The second kappa shape index (κ2) is 10.3. The number of amides is 1. The van der Waals surface area contributed by atoms with E-state index in [4.69, 9.17) is 4.74 Å². The summed E-state index contributed by atoms with van der Waals surface area (Å²) in [5.41, 5.74) is 2.74. The van der Waals surface area contributed by atoms with Gasteiger partial charge in [0.05, 0.1) is 7.11 Å². The third-order valence-electron chi connectivity index (χ3n) is 5.54. The highest BCUT2D eigenvalue weighted by Crippen LogP contribution is 2.33. The maximum Gasteiger partial charge on any atom is 0.244 e. The number of aromatic nitrogens is 1. The lowest BCUT2D eigenvalue weighted by Crippen LogP contribution is -2.27. The topological polar surface area (TPSA) is 100 Å². The number of ether oxygens (including phenoxy) is 1. The van der Waals surface area contributed by atoms with Gasteiger partial charge in [-0.05, 0) is 53.9 Å². The zero-order chi connectivity index (χ0) is 24.1. The number of benzene rings is 2. The lowest BCUT2D eigenvalue weighted by atomic mass is 9.96. The molecule has 7 nitrogen and oxygen atoms in total. The summed E-state index contributed by atoms with van der Waals surface area (Å²) >= 11 is 1.65. The molecule has 4 aromatic rings. The van der Waals surface area contributed by atoms with Crippen molar-refractivity contribution in [1.29, 1.82) is 0 Å². The van der Waals surface area contributed by atoms with Gasteiger partial charge in [-0.2, -0.15) is 0 Å². The van der Waals surface area contributed by atoms with Gasteiger partial charge in [-0.3, -0.25) is 4.79 Å². The normalized spacial score (nSPS) is 12.8. The predicted molar refractivity (Wildman–Crippen MR) is 136 cm³/mol. The first-order valence-electron chi connectivity index (χ1n) is 10.6. The van der Waals surface area contributed by atoms with Crippen molar-refractivity contribution in [2.45, 2.75) is 10.8 Å². The molecule has 34 heavy (non-hydrogen) atoms. The number of aromatic amines is 1. The summed E-state index contributed by atoms with van der Waals surface area (Å²) in [6.07, 6.45) is 4.98. The van der Waals surface area contributed by atoms with Crippen LogP contribution in [-0.2, 0) is 14.8 Å². The molecule has 0 aliphatic rings. The molecule has 0 saturated heterocycles. The van der Waals surface area contributed by atoms with Crippen LogP contribution in [0.2, 0.25) is 0 Å². The third-order valence-corrected chi connectivity index (χ3v) is 7.96. The first-order chi connectivity index (χ1) is 16.4. The van der Waals surface area contributed by atoms with Crippen LogP contribution < -0.4 is 14.8 Å². The van der Waals surface area contributed by atoms with Crippen molar-refractivity contribution in [3.8, 4) is 5.75 Å². The maximum absolute atomic E-state index is 12.6. The molecule has 1 amide bonds. The first-order valence-corrected chi connectivity index (χ1v) is 13.0. The molecular weight excluding hydrogens is 470 g/mol. The molecule has 2 aromatic heterocycles. The van der Waals surface area contributed by atoms with Gasteiger partial charge in [0.1, 0.15) is 10.6 Å². The van der Waals surface area contributed by atoms with Gasteiger partial charge in [0.15, 0.2) is 0 Å². The highest BCUT2D eigenvalue weighted by molar-refractivity contribution is 7.89. The summed E-state index contributed by atoms with van der Waals surface area (Å²) in [5, 5.41) is 6.14. The van der Waals surface area contributed by atoms with Gasteiger partial charge in [0.2, 0.25) is 15.9 Å². The van der Waals surface area contributed by atoms with E-state index in [9.17, 15) is 13.2 Å². The van der Waals surface area contributed by atoms with Crippen LogP contribution in [0.4, 0.5) is 0 Å². The Balaban J connectivity index is 1.52. The number of methoxy groups -OCH3 is 1. The van der Waals surface area contributed by atoms with Crippen molar-refractivity contribution < 1.29 is 17.9 Å². The molecule has 1 unspecified atom stereocenters. The number of hydrogen-bond donors (Lipinski definition) is 3. The molecule has 0 bridgehead atoms. The molecule has 0 aliphatic heterocycles. The van der Waals surface area contributed by atoms with E-state index in [0.717, 1.165) is 21.3 Å². The SMILES string of the molecule is CNS(=O)(=O)c1cc(/C=C/C(=O)NCC(c2cccs2)c2c[nH]c3ccccc23)ccc1OC. The number of sulfonamides is 1. The average Bonchev–Trinajstić information content (AvgIpc) is 3.54. The van der Waals surface area contributed by atoms with E-state index in [1.165, 1.54) is 26.3 Å². The fourth-order valence-electron chi connectivity index (χ4n) is 3.79. The molecule has 2 aromatic carbocycles. The molecule has 176 valence electrons. The lowest BCUT2D eigenvalue weighted by Gasteiger charge is -2.15. The van der Waals surface area contributed by atoms with E-state index >= 15 is 0 Å². The number of thiophene rings is 1. The van der Waals surface area contributed by atoms with Gasteiger partial charge in [0, 0.05) is 40.5 Å². The Labute approximate surface area is 202 Å². The Morgan fingerprint density at radius 3 is 2.74 bits per heavy atom. The van der Waals surface area contributed by atoms with Crippen molar-refractivity contribution in [2.75, 3.05) is 20.7 Å². The highest BCUT2D eigenvalue weighted by Gasteiger charge is 2.20. The second-order valence-corrected chi connectivity index (χ2v) is 10.4. The molecule has 1 atom stereocenters. The molecule has 9 heteroatoms. The summed E-state index contributed by atoms with van der Waals surface area (Å²) in [4.78, 5) is 17.1. The van der Waals surface area contributed by atoms with Crippen LogP contribution in [0.5, 0.6) is 5.75 Å². The van der Waals surface area contributed by atoms with Crippen molar-refractivity contribution >= 4 is 44.2 Å². The van der Waals surface area contributed by atoms with Crippen molar-refractivity contribution in [1.82, 2.24) is 15.0 Å². The van der Waals surface area contributed by atoms with Crippen LogP contribution in [0.15, 0.2) is 77.1 Å². The minimum absolute atomic E-state index is 0.00172. The zero-order valence-electron chi connectivity index (χ0n) is 18.7. The molecular formula is C25H25N3O4S2. The molecule has 3 N–H and O–H groups in total. The number of hydrogen-bond acceptors (Lipinski definition) is 5. The molecule has 0 radical (unpaired) electrons. The van der Waals surface area contributed by atoms with Crippen molar-refractivity contribution in [3.05, 3.63) is 88.3 Å². The van der Waals surface area contributed by atoms with E-state index in [-0.39, 0.29) is 22.5 Å². The van der Waals surface area contributed by atoms with Crippen LogP contribution in [-0.4, -0.2) is 40.0 Å². The van der Waals surface area contributed by atoms with Crippen LogP contribution in [0, 0.1) is 0 Å². The number of H-pyrrole nitrogens is 1. The van der Waals surface area contributed by atoms with E-state index in [1.807, 2.05) is 35.8 Å². The maximum atomic E-state index is 12.6. The van der Waals surface area contributed by atoms with Crippen molar-refractivity contribution in [2.24, 2.45) is 0 Å². The largest absolute Gasteiger partial charge is 0.495 e. The number of fused-ring (bicyclic) bond motifs is 1. The highest BCUT2D eigenvalue weighted by atomic mass is 32.2. The van der Waals surface area contributed by atoms with Crippen LogP contribution >= 0.6 is 11.3 Å². The van der Waals surface area contributed by atoms with E-state index in [0.29, 0.717) is 12.1 Å². The molecule has 0 fully saturated rings. The van der Waals surface area contributed by atoms with Crippen LogP contribution in [0.25, 0.3) is 17.0 Å². The average molecular weight is 496 g/mol. The van der Waals surface area contributed by atoms with Gasteiger partial charge in [-0.15, -0.1) is 11.3 Å². The summed E-state index contributed by atoms with van der Waals surface area (Å²) in [7, 11) is -0.960. The van der Waals surface area contributed by atoms with E-state index in [2.05, 4.69) is 27.2 Å². The molecule has 0 saturated carbocycles. The molecule has 0 aliphatic carbocycles. The minimum Gasteiger partial charge on any atom is -0.495 e. The molecule has 0 spiro atoms. The quantitative estimate of drug-likeness (QED) is 0.304. The molecule has 2 heterocycles. The Kier molecular flexibility index (Phi) is 7.16. The first kappa shape index (κ1) is 23.7. The smallest absolute Gasteiger partial charge is 0.244 e. The summed E-state index contributed by atoms with van der Waals surface area (Å²) < 4.78 is 32.0. The van der Waals surface area contributed by atoms with Gasteiger partial charge in [-0.25, -0.2) is 13.1 Å². The number of para-hydroxylation sites is 1.